The minimum absolute atomic E-state index is 0.0315. The summed E-state index contributed by atoms with van der Waals surface area (Å²) in [6, 6.07) is 12.8. The van der Waals surface area contributed by atoms with Gasteiger partial charge in [0, 0.05) is 24.1 Å². The van der Waals surface area contributed by atoms with Crippen molar-refractivity contribution in [2.75, 3.05) is 6.61 Å². The second-order valence-electron chi connectivity index (χ2n) is 8.04. The molecule has 0 radical (unpaired) electrons. The normalized spacial score (nSPS) is 11.6. The average Bonchev–Trinajstić information content (AvgIpc) is 2.88. The zero-order chi connectivity index (χ0) is 28.3. The minimum Gasteiger partial charge on any atom is -0.490 e. The number of alkyl halides is 3. The van der Waals surface area contributed by atoms with Gasteiger partial charge >= 0.3 is 17.8 Å². The Kier molecular flexibility index (Phi) is 7.42. The van der Waals surface area contributed by atoms with Crippen molar-refractivity contribution >= 4 is 28.8 Å². The first kappa shape index (κ1) is 27.0. The van der Waals surface area contributed by atoms with Crippen LogP contribution >= 0.6 is 0 Å². The molecule has 0 bridgehead atoms. The number of aromatic nitrogens is 2. The smallest absolute Gasteiger partial charge is 0.416 e. The molecule has 0 aliphatic heterocycles. The summed E-state index contributed by atoms with van der Waals surface area (Å²) in [5, 5.41) is 16.0. The fourth-order valence-electron chi connectivity index (χ4n) is 3.70. The highest BCUT2D eigenvalue weighted by Crippen LogP contribution is 2.38. The predicted molar refractivity (Wildman–Crippen MR) is 135 cm³/mol. The third-order valence-electron chi connectivity index (χ3n) is 5.32. The Morgan fingerprint density at radius 3 is 2.56 bits per heavy atom. The number of para-hydroxylation sites is 1. The topological polar surface area (TPSA) is 126 Å². The summed E-state index contributed by atoms with van der Waals surface area (Å²) < 4.78 is 51.4. The summed E-state index contributed by atoms with van der Waals surface area (Å²) in [4.78, 5) is 40.1. The van der Waals surface area contributed by atoms with Crippen LogP contribution in [0.15, 0.2) is 70.6 Å². The van der Waals surface area contributed by atoms with Gasteiger partial charge in [-0.1, -0.05) is 24.3 Å². The number of rotatable bonds is 7. The maximum atomic E-state index is 13.4. The number of benzene rings is 3. The SMILES string of the molecule is CCOc1cc(C=Nn2c(-c3cccc(C(F)(F)F)c3)nc3ccccc3c2=O)cc([N+](=O)[O-])c1OC(C)=O. The monoisotopic (exact) mass is 540 g/mol. The molecule has 0 aliphatic carbocycles. The molecular weight excluding hydrogens is 521 g/mol. The lowest BCUT2D eigenvalue weighted by atomic mass is 10.1. The molecule has 0 saturated carbocycles. The van der Waals surface area contributed by atoms with Crippen LogP contribution in [-0.4, -0.2) is 33.4 Å². The number of halogens is 3. The third kappa shape index (κ3) is 5.76. The highest BCUT2D eigenvalue weighted by atomic mass is 19.4. The molecule has 10 nitrogen and oxygen atoms in total. The maximum absolute atomic E-state index is 13.4. The van der Waals surface area contributed by atoms with Crippen LogP contribution < -0.4 is 15.0 Å². The third-order valence-corrected chi connectivity index (χ3v) is 5.32. The molecule has 13 heteroatoms. The van der Waals surface area contributed by atoms with Crippen LogP contribution in [0.1, 0.15) is 25.0 Å². The minimum atomic E-state index is -4.64. The molecule has 39 heavy (non-hydrogen) atoms. The van der Waals surface area contributed by atoms with E-state index in [1.54, 1.807) is 19.1 Å². The standard InChI is InChI=1S/C26H19F3N4O6/c1-3-38-22-12-16(11-21(33(36)37)23(22)39-15(2)34)14-30-32-24(17-7-6-8-18(13-17)26(27,28)29)31-20-10-5-4-9-19(20)25(32)35/h4-14H,3H2,1-2H3. The summed E-state index contributed by atoms with van der Waals surface area (Å²) in [7, 11) is 0. The molecule has 1 aromatic heterocycles. The molecule has 3 aromatic carbocycles. The van der Waals surface area contributed by atoms with Crippen molar-refractivity contribution in [3.05, 3.63) is 92.3 Å². The van der Waals surface area contributed by atoms with Gasteiger partial charge in [-0.2, -0.15) is 22.9 Å². The average molecular weight is 540 g/mol. The second kappa shape index (κ2) is 10.7. The van der Waals surface area contributed by atoms with Gasteiger partial charge in [0.25, 0.3) is 5.56 Å². The van der Waals surface area contributed by atoms with Crippen LogP contribution in [0.5, 0.6) is 11.5 Å². The van der Waals surface area contributed by atoms with Crippen molar-refractivity contribution in [1.29, 1.82) is 0 Å². The molecule has 0 saturated heterocycles. The lowest BCUT2D eigenvalue weighted by molar-refractivity contribution is -0.385. The lowest BCUT2D eigenvalue weighted by Crippen LogP contribution is -2.20. The molecule has 0 unspecified atom stereocenters. The number of hydrogen-bond donors (Lipinski definition) is 0. The molecule has 4 rings (SSSR count). The van der Waals surface area contributed by atoms with E-state index in [1.165, 1.54) is 30.3 Å². The van der Waals surface area contributed by atoms with Crippen molar-refractivity contribution in [1.82, 2.24) is 9.66 Å². The molecule has 0 fully saturated rings. The van der Waals surface area contributed by atoms with Crippen molar-refractivity contribution < 1.29 is 32.4 Å². The Bertz CT molecular complexity index is 1680. The van der Waals surface area contributed by atoms with Crippen molar-refractivity contribution in [2.45, 2.75) is 20.0 Å². The van der Waals surface area contributed by atoms with Gasteiger partial charge in [0.15, 0.2) is 11.6 Å². The van der Waals surface area contributed by atoms with E-state index in [2.05, 4.69) is 10.1 Å². The Labute approximate surface area is 218 Å². The zero-order valence-electron chi connectivity index (χ0n) is 20.4. The number of nitrogens with zero attached hydrogens (tertiary/aromatic N) is 4. The number of ether oxygens (including phenoxy) is 2. The first-order valence-corrected chi connectivity index (χ1v) is 11.4. The van der Waals surface area contributed by atoms with Crippen LogP contribution in [0, 0.1) is 10.1 Å². The molecular formula is C26H19F3N4O6. The number of hydrogen-bond acceptors (Lipinski definition) is 8. The van der Waals surface area contributed by atoms with Gasteiger partial charge in [-0.3, -0.25) is 19.7 Å². The summed E-state index contributed by atoms with van der Waals surface area (Å²) in [6.45, 7) is 2.77. The quantitative estimate of drug-likeness (QED) is 0.104. The van der Waals surface area contributed by atoms with Crippen LogP contribution in [0.4, 0.5) is 18.9 Å². The fourth-order valence-corrected chi connectivity index (χ4v) is 3.70. The van der Waals surface area contributed by atoms with E-state index in [9.17, 15) is 32.9 Å². The maximum Gasteiger partial charge on any atom is 0.416 e. The van der Waals surface area contributed by atoms with E-state index in [4.69, 9.17) is 9.47 Å². The van der Waals surface area contributed by atoms with Gasteiger partial charge in [0.1, 0.15) is 0 Å². The highest BCUT2D eigenvalue weighted by molar-refractivity contribution is 5.85. The van der Waals surface area contributed by atoms with Gasteiger partial charge in [-0.25, -0.2) is 4.98 Å². The molecule has 4 aromatic rings. The Morgan fingerprint density at radius 1 is 1.15 bits per heavy atom. The van der Waals surface area contributed by atoms with E-state index in [0.717, 1.165) is 36.0 Å². The molecule has 0 N–H and O–H groups in total. The van der Waals surface area contributed by atoms with E-state index in [1.807, 2.05) is 0 Å². The molecule has 200 valence electrons. The Balaban J connectivity index is 1.93. The van der Waals surface area contributed by atoms with Gasteiger partial charge in [-0.15, -0.1) is 0 Å². The van der Waals surface area contributed by atoms with Crippen LogP contribution in [0.2, 0.25) is 0 Å². The first-order valence-electron chi connectivity index (χ1n) is 11.4. The predicted octanol–water partition coefficient (Wildman–Crippen LogP) is 5.20. The summed E-state index contributed by atoms with van der Waals surface area (Å²) in [6.07, 6.45) is -3.55. The largest absolute Gasteiger partial charge is 0.490 e. The highest BCUT2D eigenvalue weighted by Gasteiger charge is 2.31. The van der Waals surface area contributed by atoms with E-state index in [0.29, 0.717) is 0 Å². The number of carbonyl (C=O) groups is 1. The molecule has 0 spiro atoms. The van der Waals surface area contributed by atoms with Crippen LogP contribution in [-0.2, 0) is 11.0 Å². The number of nitro benzene ring substituents is 1. The van der Waals surface area contributed by atoms with Gasteiger partial charge < -0.3 is 9.47 Å². The zero-order valence-corrected chi connectivity index (χ0v) is 20.4. The number of esters is 1. The number of nitro groups is 1. The lowest BCUT2D eigenvalue weighted by Gasteiger charge is -2.12. The Morgan fingerprint density at radius 2 is 1.90 bits per heavy atom. The van der Waals surface area contributed by atoms with E-state index >= 15 is 0 Å². The van der Waals surface area contributed by atoms with Gasteiger partial charge in [0.05, 0.1) is 34.2 Å². The van der Waals surface area contributed by atoms with Crippen molar-refractivity contribution in [3.63, 3.8) is 0 Å². The van der Waals surface area contributed by atoms with E-state index in [-0.39, 0.29) is 40.2 Å². The molecule has 0 atom stereocenters. The van der Waals surface area contributed by atoms with Gasteiger partial charge in [0.2, 0.25) is 5.75 Å². The number of carbonyl (C=O) groups excluding carboxylic acids is 1. The summed E-state index contributed by atoms with van der Waals surface area (Å²) >= 11 is 0. The first-order chi connectivity index (χ1) is 18.5. The number of fused-ring (bicyclic) bond motifs is 1. The van der Waals surface area contributed by atoms with Gasteiger partial charge in [-0.05, 0) is 37.3 Å². The van der Waals surface area contributed by atoms with E-state index < -0.39 is 39.6 Å². The van der Waals surface area contributed by atoms with Crippen molar-refractivity contribution in [2.24, 2.45) is 5.10 Å². The molecule has 1 heterocycles. The Hall–Kier alpha value is -5.07. The molecule has 0 aliphatic rings. The van der Waals surface area contributed by atoms with Crippen molar-refractivity contribution in [3.8, 4) is 22.9 Å². The van der Waals surface area contributed by atoms with Crippen LogP contribution in [0.3, 0.4) is 0 Å². The fraction of sp³-hybridized carbons (Fsp3) is 0.154. The second-order valence-corrected chi connectivity index (χ2v) is 8.04. The molecule has 0 amide bonds. The summed E-state index contributed by atoms with van der Waals surface area (Å²) in [5.41, 5.74) is -1.94. The summed E-state index contributed by atoms with van der Waals surface area (Å²) in [5.74, 6) is -1.51. The van der Waals surface area contributed by atoms with Crippen LogP contribution in [0.25, 0.3) is 22.3 Å².